The minimum absolute atomic E-state index is 0.544. The minimum atomic E-state index is 0.544. The molecule has 3 aromatic rings. The third-order valence-electron chi connectivity index (χ3n) is 3.17. The van der Waals surface area contributed by atoms with Crippen LogP contribution >= 0.6 is 0 Å². The van der Waals surface area contributed by atoms with Gasteiger partial charge >= 0.3 is 0 Å². The summed E-state index contributed by atoms with van der Waals surface area (Å²) in [5, 5.41) is 11.3. The molecule has 2 heterocycles. The fourth-order valence-electron chi connectivity index (χ4n) is 2.04. The van der Waals surface area contributed by atoms with E-state index in [-0.39, 0.29) is 0 Å². The molecule has 0 bridgehead atoms. The van der Waals surface area contributed by atoms with Crippen LogP contribution in [0, 0.1) is 0 Å². The largest absolute Gasteiger partial charge is 0.497 e. The Bertz CT molecular complexity index is 765. The van der Waals surface area contributed by atoms with Gasteiger partial charge in [0.25, 0.3) is 0 Å². The van der Waals surface area contributed by atoms with Crippen LogP contribution in [0.4, 0.5) is 17.5 Å². The van der Waals surface area contributed by atoms with Crippen molar-refractivity contribution < 1.29 is 4.74 Å². The second kappa shape index (κ2) is 5.28. The highest BCUT2D eigenvalue weighted by Gasteiger charge is 2.11. The molecule has 0 aliphatic rings. The Labute approximate surface area is 122 Å². The molecule has 0 fully saturated rings. The Kier molecular flexibility index (Phi) is 3.31. The lowest BCUT2D eigenvalue weighted by molar-refractivity contribution is 0.415. The summed E-state index contributed by atoms with van der Waals surface area (Å²) in [4.78, 5) is 8.85. The van der Waals surface area contributed by atoms with Crippen LogP contribution in [-0.2, 0) is 7.05 Å². The summed E-state index contributed by atoms with van der Waals surface area (Å²) in [6.45, 7) is 0. The second-order valence-corrected chi connectivity index (χ2v) is 4.50. The van der Waals surface area contributed by atoms with Crippen LogP contribution in [-0.4, -0.2) is 33.9 Å². The maximum absolute atomic E-state index is 5.15. The first kappa shape index (κ1) is 13.2. The van der Waals surface area contributed by atoms with Crippen LogP contribution in [0.3, 0.4) is 0 Å². The van der Waals surface area contributed by atoms with E-state index in [9.17, 15) is 0 Å². The lowest BCUT2D eigenvalue weighted by Gasteiger charge is -2.09. The van der Waals surface area contributed by atoms with E-state index in [0.29, 0.717) is 11.8 Å². The van der Waals surface area contributed by atoms with E-state index in [2.05, 4.69) is 25.7 Å². The monoisotopic (exact) mass is 284 g/mol. The molecule has 2 aromatic heterocycles. The fourth-order valence-corrected chi connectivity index (χ4v) is 2.04. The molecule has 0 radical (unpaired) electrons. The normalized spacial score (nSPS) is 10.6. The van der Waals surface area contributed by atoms with E-state index in [1.165, 1.54) is 0 Å². The summed E-state index contributed by atoms with van der Waals surface area (Å²) in [7, 11) is 5.28. The van der Waals surface area contributed by atoms with Crippen molar-refractivity contribution in [2.75, 3.05) is 24.8 Å². The van der Waals surface area contributed by atoms with E-state index in [1.807, 2.05) is 31.3 Å². The number of nitrogens with one attached hydrogen (secondary N) is 2. The molecule has 7 nitrogen and oxygen atoms in total. The predicted octanol–water partition coefficient (Wildman–Crippen LogP) is 2.16. The summed E-state index contributed by atoms with van der Waals surface area (Å²) in [6, 6.07) is 7.65. The highest BCUT2D eigenvalue weighted by atomic mass is 16.5. The van der Waals surface area contributed by atoms with Crippen molar-refractivity contribution in [3.8, 4) is 5.75 Å². The first-order valence-corrected chi connectivity index (χ1v) is 6.50. The van der Waals surface area contributed by atoms with Crippen LogP contribution in [0.15, 0.2) is 30.5 Å². The quantitative estimate of drug-likeness (QED) is 0.764. The van der Waals surface area contributed by atoms with Gasteiger partial charge in [-0.15, -0.1) is 0 Å². The Balaban J connectivity index is 2.02. The molecule has 0 atom stereocenters. The maximum Gasteiger partial charge on any atom is 0.226 e. The number of hydrogen-bond donors (Lipinski definition) is 2. The van der Waals surface area contributed by atoms with Gasteiger partial charge in [-0.3, -0.25) is 4.68 Å². The van der Waals surface area contributed by atoms with Gasteiger partial charge in [0.15, 0.2) is 5.65 Å². The average Bonchev–Trinajstić information content (AvgIpc) is 2.89. The van der Waals surface area contributed by atoms with Crippen LogP contribution in [0.5, 0.6) is 5.75 Å². The van der Waals surface area contributed by atoms with Gasteiger partial charge in [0.2, 0.25) is 5.95 Å². The highest BCUT2D eigenvalue weighted by molar-refractivity contribution is 5.89. The first-order valence-electron chi connectivity index (χ1n) is 6.50. The zero-order valence-electron chi connectivity index (χ0n) is 12.1. The molecule has 2 N–H and O–H groups in total. The van der Waals surface area contributed by atoms with E-state index < -0.39 is 0 Å². The fraction of sp³-hybridized carbons (Fsp3) is 0.214. The van der Waals surface area contributed by atoms with Gasteiger partial charge in [0, 0.05) is 19.8 Å². The van der Waals surface area contributed by atoms with E-state index in [1.54, 1.807) is 25.0 Å². The molecule has 108 valence electrons. The summed E-state index contributed by atoms with van der Waals surface area (Å²) in [6.07, 6.45) is 1.75. The van der Waals surface area contributed by atoms with Crippen LogP contribution in [0.2, 0.25) is 0 Å². The smallest absolute Gasteiger partial charge is 0.226 e. The summed E-state index contributed by atoms with van der Waals surface area (Å²) >= 11 is 0. The molecule has 1 aromatic carbocycles. The highest BCUT2D eigenvalue weighted by Crippen LogP contribution is 2.25. The zero-order valence-corrected chi connectivity index (χ0v) is 12.1. The van der Waals surface area contributed by atoms with Crippen LogP contribution < -0.4 is 15.4 Å². The van der Waals surface area contributed by atoms with Crippen LogP contribution in [0.1, 0.15) is 0 Å². The molecule has 21 heavy (non-hydrogen) atoms. The number of benzene rings is 1. The van der Waals surface area contributed by atoms with Crippen molar-refractivity contribution in [1.29, 1.82) is 0 Å². The van der Waals surface area contributed by atoms with Crippen molar-refractivity contribution in [2.24, 2.45) is 7.05 Å². The SMILES string of the molecule is CNc1nc(Nc2ccc(OC)cc2)c2cnn(C)c2n1. The number of fused-ring (bicyclic) bond motifs is 1. The molecular formula is C14H16N6O. The van der Waals surface area contributed by atoms with Gasteiger partial charge < -0.3 is 15.4 Å². The number of aryl methyl sites for hydroxylation is 1. The van der Waals surface area contributed by atoms with Crippen molar-refractivity contribution in [3.05, 3.63) is 30.5 Å². The van der Waals surface area contributed by atoms with Gasteiger partial charge in [0.1, 0.15) is 11.6 Å². The molecule has 0 saturated carbocycles. The van der Waals surface area contributed by atoms with Gasteiger partial charge in [-0.1, -0.05) is 0 Å². The van der Waals surface area contributed by atoms with Gasteiger partial charge in [-0.2, -0.15) is 15.1 Å². The molecule has 0 unspecified atom stereocenters. The Hall–Kier alpha value is -2.83. The topological polar surface area (TPSA) is 76.9 Å². The summed E-state index contributed by atoms with van der Waals surface area (Å²) in [5.41, 5.74) is 1.69. The third-order valence-corrected chi connectivity index (χ3v) is 3.17. The average molecular weight is 284 g/mol. The number of ether oxygens (including phenoxy) is 1. The van der Waals surface area contributed by atoms with Gasteiger partial charge in [-0.25, -0.2) is 0 Å². The van der Waals surface area contributed by atoms with E-state index in [4.69, 9.17) is 4.74 Å². The summed E-state index contributed by atoms with van der Waals surface area (Å²) < 4.78 is 6.87. The number of nitrogens with zero attached hydrogens (tertiary/aromatic N) is 4. The molecular weight excluding hydrogens is 268 g/mol. The molecule has 3 rings (SSSR count). The molecule has 0 spiro atoms. The van der Waals surface area contributed by atoms with E-state index >= 15 is 0 Å². The lowest BCUT2D eigenvalue weighted by atomic mass is 10.3. The number of methoxy groups -OCH3 is 1. The van der Waals surface area contributed by atoms with Gasteiger partial charge in [-0.05, 0) is 24.3 Å². The molecule has 0 saturated heterocycles. The van der Waals surface area contributed by atoms with Crippen LogP contribution in [0.25, 0.3) is 11.0 Å². The minimum Gasteiger partial charge on any atom is -0.497 e. The Morgan fingerprint density at radius 2 is 1.90 bits per heavy atom. The second-order valence-electron chi connectivity index (χ2n) is 4.50. The van der Waals surface area contributed by atoms with Crippen molar-refractivity contribution in [3.63, 3.8) is 0 Å². The number of anilines is 3. The Morgan fingerprint density at radius 1 is 1.14 bits per heavy atom. The molecule has 0 amide bonds. The van der Waals surface area contributed by atoms with E-state index in [0.717, 1.165) is 22.5 Å². The molecule has 7 heteroatoms. The number of hydrogen-bond acceptors (Lipinski definition) is 6. The summed E-state index contributed by atoms with van der Waals surface area (Å²) in [5.74, 6) is 2.07. The maximum atomic E-state index is 5.15. The standard InChI is InChI=1S/C14H16N6O/c1-15-14-18-12(11-8-16-20(2)13(11)19-14)17-9-4-6-10(21-3)7-5-9/h4-8H,1-3H3,(H2,15,17,18,19). The zero-order chi connectivity index (χ0) is 14.8. The Morgan fingerprint density at radius 3 is 2.57 bits per heavy atom. The lowest BCUT2D eigenvalue weighted by Crippen LogP contribution is -2.03. The van der Waals surface area contributed by atoms with Crippen molar-refractivity contribution in [1.82, 2.24) is 19.7 Å². The molecule has 0 aliphatic heterocycles. The number of rotatable bonds is 4. The first-order chi connectivity index (χ1) is 10.2. The van der Waals surface area contributed by atoms with Gasteiger partial charge in [0.05, 0.1) is 18.7 Å². The predicted molar refractivity (Wildman–Crippen MR) is 82.1 cm³/mol. The van der Waals surface area contributed by atoms with Crippen molar-refractivity contribution >= 4 is 28.5 Å². The van der Waals surface area contributed by atoms with Crippen molar-refractivity contribution in [2.45, 2.75) is 0 Å². The third kappa shape index (κ3) is 2.45. The molecule has 0 aliphatic carbocycles. The number of aromatic nitrogens is 4.